The number of ether oxygens (including phenoxy) is 2. The minimum Gasteiger partial charge on any atom is -0.494 e. The first-order valence-corrected chi connectivity index (χ1v) is 27.9. The summed E-state index contributed by atoms with van der Waals surface area (Å²) in [6.07, 6.45) is 7.57. The first-order valence-electron chi connectivity index (χ1n) is 25.1. The van der Waals surface area contributed by atoms with E-state index in [1.54, 1.807) is 87.5 Å². The maximum absolute atomic E-state index is 13.0. The second kappa shape index (κ2) is 25.2. The molecule has 5 N–H and O–H groups in total. The first-order chi connectivity index (χ1) is 38.0. The third-order valence-electron chi connectivity index (χ3n) is 12.8. The molecule has 424 valence electrons. The molecule has 8 aromatic rings. The fourth-order valence-corrected chi connectivity index (χ4v) is 10.4. The summed E-state index contributed by atoms with van der Waals surface area (Å²) in [6, 6.07) is 25.3. The summed E-state index contributed by atoms with van der Waals surface area (Å²) in [7, 11) is 13.6. The van der Waals surface area contributed by atoms with Gasteiger partial charge in [-0.15, -0.1) is 0 Å². The van der Waals surface area contributed by atoms with Gasteiger partial charge in [0.2, 0.25) is 17.8 Å². The Morgan fingerprint density at radius 1 is 0.600 bits per heavy atom. The van der Waals surface area contributed by atoms with Crippen molar-refractivity contribution < 1.29 is 31.1 Å². The molecule has 0 radical (unpaired) electrons. The highest BCUT2D eigenvalue weighted by Crippen LogP contribution is 2.40. The molecule has 4 aromatic heterocycles. The number of nitrogens with zero attached hydrogens (tertiary/aromatic N) is 12. The van der Waals surface area contributed by atoms with Crippen molar-refractivity contribution in [3.63, 3.8) is 0 Å². The van der Waals surface area contributed by atoms with Gasteiger partial charge in [-0.1, -0.05) is 43.0 Å². The van der Waals surface area contributed by atoms with Gasteiger partial charge in [-0.2, -0.15) is 25.4 Å². The van der Waals surface area contributed by atoms with Crippen LogP contribution in [0.4, 0.5) is 46.0 Å². The number of benzene rings is 4. The summed E-state index contributed by atoms with van der Waals surface area (Å²) < 4.78 is 68.2. The van der Waals surface area contributed by atoms with Crippen LogP contribution < -0.4 is 41.0 Å². The van der Waals surface area contributed by atoms with Crippen LogP contribution in [-0.2, 0) is 25.2 Å². The van der Waals surface area contributed by atoms with Crippen LogP contribution in [0.3, 0.4) is 0 Å². The molecular formula is C55H70N16O7S2. The summed E-state index contributed by atoms with van der Waals surface area (Å²) in [5.41, 5.74) is 13.8. The normalized spacial score (nSPS) is 11.8. The molecule has 23 nitrogen and oxygen atoms in total. The average Bonchev–Trinajstić information content (AvgIpc) is 4.04. The van der Waals surface area contributed by atoms with E-state index in [-0.39, 0.29) is 11.9 Å². The van der Waals surface area contributed by atoms with Crippen LogP contribution in [-0.4, -0.2) is 180 Å². The highest BCUT2D eigenvalue weighted by molar-refractivity contribution is 7.88. The van der Waals surface area contributed by atoms with Crippen molar-refractivity contribution in [2.24, 2.45) is 0 Å². The van der Waals surface area contributed by atoms with E-state index >= 15 is 0 Å². The largest absolute Gasteiger partial charge is 0.494 e. The number of carbonyl (C=O) groups is 1. The van der Waals surface area contributed by atoms with Gasteiger partial charge in [0.15, 0.2) is 0 Å². The predicted octanol–water partition coefficient (Wildman–Crippen LogP) is 6.71. The van der Waals surface area contributed by atoms with E-state index in [1.165, 1.54) is 46.5 Å². The summed E-state index contributed by atoms with van der Waals surface area (Å²) in [6.45, 7) is 6.76. The maximum Gasteiger partial charge on any atom is 0.307 e. The number of para-hydroxylation sites is 2. The van der Waals surface area contributed by atoms with Gasteiger partial charge in [0.05, 0.1) is 70.8 Å². The number of anilines is 8. The number of amides is 1. The van der Waals surface area contributed by atoms with E-state index in [0.29, 0.717) is 80.3 Å². The summed E-state index contributed by atoms with van der Waals surface area (Å²) in [5.74, 6) is 1.33. The standard InChI is InChI=1S/C29H36N8O4S.C26H34N8O3S/c1-8-28(38)31-23-17-24(27(41-7)18-26(23)36(6)16-15-34(2)3)33-29-30-14-13-22(32-29)21-19-37(42(39,40)35(4)5)25-12-10-9-11-20(21)25;1-31(2)13-14-33(5)24-16-25(37-6)22(15-20(24)27)30-26-28-12-11-21(29-26)19-17-34(38(35,36)32(3)4)23-10-8-7-9-18(19)23/h8-14,17-19H,1,15-16H2,2-7H3,(H,31,38)(H,30,32,33);7-12,15-17H,13-14,27H2,1-6H3,(H,28,29,30). The van der Waals surface area contributed by atoms with Crippen LogP contribution in [0.25, 0.3) is 44.3 Å². The number of likely N-dealkylation sites (N-methyl/N-ethyl adjacent to an activating group) is 4. The fourth-order valence-electron chi connectivity index (χ4n) is 8.38. The minimum atomic E-state index is -3.77. The summed E-state index contributed by atoms with van der Waals surface area (Å²) in [4.78, 5) is 38.7. The van der Waals surface area contributed by atoms with Gasteiger partial charge in [0.1, 0.15) is 11.5 Å². The second-order valence-electron chi connectivity index (χ2n) is 19.4. The number of fused-ring (bicyclic) bond motifs is 2. The van der Waals surface area contributed by atoms with Crippen molar-refractivity contribution in [1.82, 2.24) is 46.3 Å². The van der Waals surface area contributed by atoms with Crippen LogP contribution in [0.15, 0.2) is 122 Å². The number of hydrogen-bond acceptors (Lipinski definition) is 18. The summed E-state index contributed by atoms with van der Waals surface area (Å²) >= 11 is 0. The molecule has 0 bridgehead atoms. The minimum absolute atomic E-state index is 0.257. The molecule has 8 rings (SSSR count). The number of nitrogens with two attached hydrogens (primary N) is 1. The Balaban J connectivity index is 0.000000232. The zero-order chi connectivity index (χ0) is 58.2. The van der Waals surface area contributed by atoms with E-state index in [2.05, 4.69) is 52.2 Å². The van der Waals surface area contributed by atoms with Crippen molar-refractivity contribution in [2.75, 3.05) is 142 Å². The second-order valence-corrected chi connectivity index (χ2v) is 23.4. The quantitative estimate of drug-likeness (QED) is 0.0407. The molecule has 0 atom stereocenters. The molecule has 0 unspecified atom stereocenters. The predicted molar refractivity (Wildman–Crippen MR) is 321 cm³/mol. The van der Waals surface area contributed by atoms with Gasteiger partial charge < -0.3 is 50.8 Å². The Bertz CT molecular complexity index is 3750. The Labute approximate surface area is 468 Å². The molecule has 4 aromatic carbocycles. The molecule has 1 amide bonds. The van der Waals surface area contributed by atoms with Crippen LogP contribution in [0.2, 0.25) is 0 Å². The molecule has 0 fully saturated rings. The van der Waals surface area contributed by atoms with E-state index in [1.807, 2.05) is 83.6 Å². The zero-order valence-corrected chi connectivity index (χ0v) is 48.8. The Morgan fingerprint density at radius 2 is 1.02 bits per heavy atom. The number of carbonyl (C=O) groups excluding carboxylic acids is 1. The number of methoxy groups -OCH3 is 2. The van der Waals surface area contributed by atoms with Crippen molar-refractivity contribution in [3.8, 4) is 34.0 Å². The monoisotopic (exact) mass is 1130 g/mol. The molecule has 4 heterocycles. The lowest BCUT2D eigenvalue weighted by Crippen LogP contribution is -2.29. The zero-order valence-electron chi connectivity index (χ0n) is 47.1. The number of aromatic nitrogens is 6. The lowest BCUT2D eigenvalue weighted by Gasteiger charge is -2.26. The van der Waals surface area contributed by atoms with E-state index in [4.69, 9.17) is 20.2 Å². The van der Waals surface area contributed by atoms with Gasteiger partial charge in [0.25, 0.3) is 0 Å². The molecule has 0 aliphatic heterocycles. The SMILES string of the molecule is C=CC(=O)Nc1cc(Nc2nccc(-c3cn(S(=O)(=O)N(C)C)c4ccccc34)n2)c(OC)cc1N(C)CCN(C)C.COc1cc(N(C)CCN(C)C)c(N)cc1Nc1nccc(-c2cn(S(=O)(=O)N(C)C)c3ccccc23)n1. The van der Waals surface area contributed by atoms with E-state index < -0.39 is 20.4 Å². The van der Waals surface area contributed by atoms with Gasteiger partial charge in [-0.25, -0.2) is 27.9 Å². The average molecular weight is 1130 g/mol. The molecule has 80 heavy (non-hydrogen) atoms. The highest BCUT2D eigenvalue weighted by Gasteiger charge is 2.25. The lowest BCUT2D eigenvalue weighted by molar-refractivity contribution is -0.111. The van der Waals surface area contributed by atoms with Crippen molar-refractivity contribution in [1.29, 1.82) is 0 Å². The topological polar surface area (TPSA) is 247 Å². The Morgan fingerprint density at radius 3 is 1.45 bits per heavy atom. The van der Waals surface area contributed by atoms with Gasteiger partial charge in [0, 0.05) is 127 Å². The first kappa shape index (κ1) is 59.3. The van der Waals surface area contributed by atoms with Crippen LogP contribution in [0, 0.1) is 0 Å². The number of hydrogen-bond donors (Lipinski definition) is 4. The molecule has 0 saturated heterocycles. The molecule has 0 aliphatic rings. The number of rotatable bonds is 22. The van der Waals surface area contributed by atoms with Crippen molar-refractivity contribution in [3.05, 3.63) is 122 Å². The third-order valence-corrected chi connectivity index (χ3v) is 16.3. The molecule has 0 saturated carbocycles. The smallest absolute Gasteiger partial charge is 0.307 e. The Hall–Kier alpha value is -8.33. The lowest BCUT2D eigenvalue weighted by atomic mass is 10.1. The number of nitrogens with one attached hydrogen (secondary N) is 3. The molecular weight excluding hydrogens is 1060 g/mol. The van der Waals surface area contributed by atoms with E-state index in [9.17, 15) is 21.6 Å². The van der Waals surface area contributed by atoms with Gasteiger partial charge in [-0.3, -0.25) is 4.79 Å². The fraction of sp³-hybridized carbons (Fsp3) is 0.291. The molecule has 25 heteroatoms. The van der Waals surface area contributed by atoms with Crippen molar-refractivity contribution in [2.45, 2.75) is 0 Å². The highest BCUT2D eigenvalue weighted by atomic mass is 32.2. The number of nitrogen functional groups attached to an aromatic ring is 1. The Kier molecular flexibility index (Phi) is 18.7. The maximum atomic E-state index is 13.0. The van der Waals surface area contributed by atoms with Crippen LogP contribution in [0.5, 0.6) is 11.5 Å². The van der Waals surface area contributed by atoms with Crippen LogP contribution >= 0.6 is 0 Å². The van der Waals surface area contributed by atoms with Gasteiger partial charge >= 0.3 is 20.4 Å². The molecule has 0 spiro atoms. The molecule has 0 aliphatic carbocycles. The van der Waals surface area contributed by atoms with Crippen molar-refractivity contribution >= 4 is 94.2 Å². The van der Waals surface area contributed by atoms with Crippen LogP contribution in [0.1, 0.15) is 0 Å². The van der Waals surface area contributed by atoms with Gasteiger partial charge in [-0.05, 0) is 70.7 Å². The van der Waals surface area contributed by atoms with E-state index in [0.717, 1.165) is 46.1 Å². The summed E-state index contributed by atoms with van der Waals surface area (Å²) in [5, 5.41) is 10.8. The third kappa shape index (κ3) is 13.2.